The van der Waals surface area contributed by atoms with Crippen molar-refractivity contribution >= 4 is 0 Å². The molecule has 2 aromatic heterocycles. The van der Waals surface area contributed by atoms with Crippen molar-refractivity contribution in [2.45, 2.75) is 39.0 Å². The van der Waals surface area contributed by atoms with Gasteiger partial charge in [0.2, 0.25) is 12.6 Å². The summed E-state index contributed by atoms with van der Waals surface area (Å²) in [6.45, 7) is 3.88. The molecule has 0 spiro atoms. The van der Waals surface area contributed by atoms with Gasteiger partial charge >= 0.3 is 0 Å². The number of nitrogens with zero attached hydrogens (tertiary/aromatic N) is 4. The quantitative estimate of drug-likeness (QED) is 0.269. The number of fused-ring (bicyclic) bond motifs is 4. The molecular formula is C12H18I2N4. The van der Waals surface area contributed by atoms with Crippen molar-refractivity contribution in [1.29, 1.82) is 0 Å². The van der Waals surface area contributed by atoms with E-state index in [0.29, 0.717) is 6.30 Å². The van der Waals surface area contributed by atoms with Crippen molar-refractivity contribution in [3.05, 3.63) is 37.4 Å². The first kappa shape index (κ1) is 14.3. The molecular weight excluding hydrogens is 454 g/mol. The zero-order valence-corrected chi connectivity index (χ0v) is 14.5. The summed E-state index contributed by atoms with van der Waals surface area (Å²) in [5, 5.41) is 0. The average molecular weight is 473 g/mol. The van der Waals surface area contributed by atoms with Crippen molar-refractivity contribution in [3.8, 4) is 0 Å². The number of aromatic nitrogens is 4. The summed E-state index contributed by atoms with van der Waals surface area (Å²) < 4.78 is 16.6. The van der Waals surface area contributed by atoms with Crippen LogP contribution in [0.15, 0.2) is 37.4 Å². The predicted molar refractivity (Wildman–Crippen MR) is 58.5 cm³/mol. The van der Waals surface area contributed by atoms with E-state index in [1.807, 2.05) is 21.5 Å². The second-order valence-electron chi connectivity index (χ2n) is 4.38. The molecule has 0 aromatic carbocycles. The van der Waals surface area contributed by atoms with Gasteiger partial charge in [-0.05, 0) is 0 Å². The number of hydrogen-bond donors (Lipinski definition) is 0. The molecule has 0 atom stereocenters. The van der Waals surface area contributed by atoms with Gasteiger partial charge in [-0.3, -0.25) is 0 Å². The van der Waals surface area contributed by atoms with Gasteiger partial charge in [0.25, 0.3) is 0 Å². The Morgan fingerprint density at radius 3 is 2.44 bits per heavy atom. The highest BCUT2D eigenvalue weighted by atomic mass is 127. The lowest BCUT2D eigenvalue weighted by Crippen LogP contribution is -3.00. The van der Waals surface area contributed by atoms with Crippen LogP contribution in [0.5, 0.6) is 0 Å². The van der Waals surface area contributed by atoms with Crippen LogP contribution in [0.25, 0.3) is 0 Å². The minimum Gasteiger partial charge on any atom is -1.00 e. The number of halogens is 2. The first-order chi connectivity index (χ1) is 8.33. The number of imidazole rings is 2. The van der Waals surface area contributed by atoms with Crippen LogP contribution in [-0.4, -0.2) is 9.13 Å². The maximum atomic E-state index is 8.05. The van der Waals surface area contributed by atoms with Crippen LogP contribution in [0.2, 0.25) is 0 Å². The number of aryl methyl sites for hydroxylation is 4. The van der Waals surface area contributed by atoms with Gasteiger partial charge < -0.3 is 48.0 Å². The minimum absolute atomic E-state index is 0. The summed E-state index contributed by atoms with van der Waals surface area (Å²) in [7, 11) is 0. The van der Waals surface area contributed by atoms with Gasteiger partial charge in [-0.15, -0.1) is 0 Å². The third-order valence-corrected chi connectivity index (χ3v) is 3.06. The molecule has 1 aliphatic heterocycles. The molecule has 0 saturated heterocycles. The van der Waals surface area contributed by atoms with E-state index in [9.17, 15) is 0 Å². The Labute approximate surface area is 143 Å². The Bertz CT molecular complexity index is 482. The lowest BCUT2D eigenvalue weighted by atomic mass is 10.4. The van der Waals surface area contributed by atoms with Crippen LogP contribution in [0.1, 0.15) is 14.2 Å². The fourth-order valence-electron chi connectivity index (χ4n) is 2.19. The Morgan fingerprint density at radius 2 is 1.56 bits per heavy atom. The highest BCUT2D eigenvalue weighted by molar-refractivity contribution is 4.69. The van der Waals surface area contributed by atoms with Gasteiger partial charge in [-0.2, -0.15) is 0 Å². The predicted octanol–water partition coefficient (Wildman–Crippen LogP) is -5.63. The third-order valence-electron chi connectivity index (χ3n) is 3.06. The van der Waals surface area contributed by atoms with E-state index >= 15 is 0 Å². The fraction of sp³-hybridized carbons (Fsp3) is 0.500. The molecule has 0 unspecified atom stereocenters. The molecule has 18 heavy (non-hydrogen) atoms. The standard InChI is InChI=1S/C12H18N4.2HI/c1-3-13-7-9-15(11-13)5-2-6-16-10-8-14(4-1)12-16;;/h7-12H,1-6H2;2*1H/q+2;;/p-2/i11D;;. The van der Waals surface area contributed by atoms with Crippen LogP contribution >= 0.6 is 0 Å². The SMILES string of the molecule is [2H]c1n2cc[n+]1CCC[n+]1ccn(c1)CCC2.[I-].[I-]. The highest BCUT2D eigenvalue weighted by Gasteiger charge is 2.09. The van der Waals surface area contributed by atoms with Gasteiger partial charge in [-0.1, -0.05) is 0 Å². The largest absolute Gasteiger partial charge is 1.00 e. The maximum Gasteiger partial charge on any atom is 0.243 e. The normalized spacial score (nSPS) is 15.4. The monoisotopic (exact) mass is 473 g/mol. The molecule has 100 valence electrons. The van der Waals surface area contributed by atoms with E-state index in [-0.39, 0.29) is 48.0 Å². The summed E-state index contributed by atoms with van der Waals surface area (Å²) in [4.78, 5) is 0. The summed E-state index contributed by atoms with van der Waals surface area (Å²) in [6, 6.07) is 0. The van der Waals surface area contributed by atoms with E-state index in [1.165, 1.54) is 0 Å². The molecule has 6 heteroatoms. The van der Waals surface area contributed by atoms with Crippen LogP contribution in [0.4, 0.5) is 0 Å². The van der Waals surface area contributed by atoms with E-state index in [1.54, 1.807) is 0 Å². The summed E-state index contributed by atoms with van der Waals surface area (Å²) in [5.41, 5.74) is 0. The smallest absolute Gasteiger partial charge is 0.243 e. The number of rotatable bonds is 0. The van der Waals surface area contributed by atoms with Gasteiger partial charge in [-0.25, -0.2) is 18.3 Å². The van der Waals surface area contributed by atoms with E-state index in [4.69, 9.17) is 1.37 Å². The Kier molecular flexibility index (Phi) is 5.93. The van der Waals surface area contributed by atoms with Gasteiger partial charge in [0.15, 0.2) is 1.37 Å². The summed E-state index contributed by atoms with van der Waals surface area (Å²) in [5.74, 6) is 0. The average Bonchev–Trinajstić information content (AvgIpc) is 2.90. The first-order valence-electron chi connectivity index (χ1n) is 6.43. The molecule has 4 bridgehead atoms. The zero-order valence-electron chi connectivity index (χ0n) is 11.2. The Balaban J connectivity index is 0.000000902. The molecule has 0 amide bonds. The van der Waals surface area contributed by atoms with Crippen molar-refractivity contribution in [1.82, 2.24) is 9.13 Å². The second kappa shape index (κ2) is 7.46. The molecule has 4 nitrogen and oxygen atoms in total. The summed E-state index contributed by atoms with van der Waals surface area (Å²) in [6.07, 6.45) is 13.2. The Hall–Kier alpha value is -0.120. The molecule has 3 heterocycles. The van der Waals surface area contributed by atoms with Crippen molar-refractivity contribution in [2.75, 3.05) is 0 Å². The molecule has 1 aliphatic rings. The highest BCUT2D eigenvalue weighted by Crippen LogP contribution is 1.96. The minimum atomic E-state index is 0. The van der Waals surface area contributed by atoms with Crippen molar-refractivity contribution < 1.29 is 58.5 Å². The van der Waals surface area contributed by atoms with E-state index in [0.717, 1.165) is 39.0 Å². The fourth-order valence-corrected chi connectivity index (χ4v) is 2.19. The lowest BCUT2D eigenvalue weighted by Gasteiger charge is -1.98. The van der Waals surface area contributed by atoms with Crippen LogP contribution in [0.3, 0.4) is 0 Å². The van der Waals surface area contributed by atoms with Crippen LogP contribution in [-0.2, 0) is 26.2 Å². The van der Waals surface area contributed by atoms with Crippen LogP contribution < -0.4 is 57.1 Å². The lowest BCUT2D eigenvalue weighted by molar-refractivity contribution is -0.726. The molecule has 3 rings (SSSR count). The molecule has 0 radical (unpaired) electrons. The zero-order chi connectivity index (χ0) is 11.7. The topological polar surface area (TPSA) is 17.6 Å². The van der Waals surface area contributed by atoms with E-state index in [2.05, 4.69) is 27.9 Å². The van der Waals surface area contributed by atoms with Crippen LogP contribution in [0, 0.1) is 0 Å². The molecule has 0 N–H and O–H groups in total. The molecule has 2 aromatic rings. The van der Waals surface area contributed by atoms with Gasteiger partial charge in [0, 0.05) is 12.8 Å². The Morgan fingerprint density at radius 1 is 0.889 bits per heavy atom. The summed E-state index contributed by atoms with van der Waals surface area (Å²) >= 11 is 0. The molecule has 0 aliphatic carbocycles. The van der Waals surface area contributed by atoms with E-state index < -0.39 is 0 Å². The van der Waals surface area contributed by atoms with Crippen molar-refractivity contribution in [2.24, 2.45) is 0 Å². The molecule has 0 fully saturated rings. The maximum absolute atomic E-state index is 8.05. The molecule has 0 saturated carbocycles. The number of hydrogen-bond acceptors (Lipinski definition) is 0. The van der Waals surface area contributed by atoms with Gasteiger partial charge in [0.05, 0.1) is 26.2 Å². The second-order valence-corrected chi connectivity index (χ2v) is 4.38. The third kappa shape index (κ3) is 3.94. The van der Waals surface area contributed by atoms with Crippen molar-refractivity contribution in [3.63, 3.8) is 0 Å². The first-order valence-corrected chi connectivity index (χ1v) is 5.93. The van der Waals surface area contributed by atoms with Gasteiger partial charge in [0.1, 0.15) is 24.8 Å².